The zero-order chi connectivity index (χ0) is 13.5. The van der Waals surface area contributed by atoms with Crippen LogP contribution in [0.25, 0.3) is 11.2 Å². The number of carboxylic acids is 1. The van der Waals surface area contributed by atoms with Crippen molar-refractivity contribution >= 4 is 22.9 Å². The van der Waals surface area contributed by atoms with Crippen molar-refractivity contribution in [1.29, 1.82) is 0 Å². The van der Waals surface area contributed by atoms with Crippen LogP contribution in [-0.2, 0) is 0 Å². The number of rotatable bonds is 2. The number of aromatic amines is 1. The Morgan fingerprint density at radius 3 is 2.56 bits per heavy atom. The topological polar surface area (TPSA) is 95.9 Å². The maximum Gasteiger partial charge on any atom is 0.356 e. The van der Waals surface area contributed by atoms with Crippen LogP contribution in [0.15, 0.2) is 12.4 Å². The number of carboxylic acid groups (broad SMARTS) is 1. The molecule has 0 radical (unpaired) electrons. The molecule has 6 nitrogen and oxygen atoms in total. The number of nitrogens with zero attached hydrogens (tertiary/aromatic N) is 2. The number of nitrogens with one attached hydrogen (secondary N) is 1. The van der Waals surface area contributed by atoms with Crippen molar-refractivity contribution in [3.8, 4) is 0 Å². The van der Waals surface area contributed by atoms with Gasteiger partial charge >= 0.3 is 5.97 Å². The Hall–Kier alpha value is -2.24. The average molecular weight is 247 g/mol. The van der Waals surface area contributed by atoms with Crippen molar-refractivity contribution in [3.63, 3.8) is 0 Å². The van der Waals surface area contributed by atoms with Crippen LogP contribution in [0, 0.1) is 5.41 Å². The predicted octanol–water partition coefficient (Wildman–Crippen LogP) is 1.88. The van der Waals surface area contributed by atoms with Crippen LogP contribution >= 0.6 is 0 Å². The lowest BCUT2D eigenvalue weighted by Crippen LogP contribution is -2.20. The van der Waals surface area contributed by atoms with Crippen molar-refractivity contribution < 1.29 is 14.7 Å². The zero-order valence-corrected chi connectivity index (χ0v) is 10.3. The minimum absolute atomic E-state index is 0.106. The van der Waals surface area contributed by atoms with E-state index in [1.54, 1.807) is 20.8 Å². The van der Waals surface area contributed by atoms with Crippen LogP contribution in [0.5, 0.6) is 0 Å². The van der Waals surface area contributed by atoms with E-state index in [0.29, 0.717) is 16.7 Å². The molecule has 18 heavy (non-hydrogen) atoms. The summed E-state index contributed by atoms with van der Waals surface area (Å²) in [6, 6.07) is 0. The highest BCUT2D eigenvalue weighted by molar-refractivity contribution is 6.08. The Balaban J connectivity index is 2.62. The Morgan fingerprint density at radius 2 is 2.00 bits per heavy atom. The Morgan fingerprint density at radius 1 is 1.33 bits per heavy atom. The molecule has 2 rings (SSSR count). The molecular formula is C12H13N3O3. The number of aromatic carboxylic acids is 1. The molecule has 94 valence electrons. The number of carbonyl (C=O) groups excluding carboxylic acids is 1. The van der Waals surface area contributed by atoms with Gasteiger partial charge in [-0.05, 0) is 0 Å². The van der Waals surface area contributed by atoms with Crippen LogP contribution in [0.1, 0.15) is 41.6 Å². The van der Waals surface area contributed by atoms with E-state index < -0.39 is 11.4 Å². The lowest BCUT2D eigenvalue weighted by atomic mass is 9.87. The molecule has 6 heteroatoms. The molecule has 0 bridgehead atoms. The van der Waals surface area contributed by atoms with Crippen LogP contribution in [0.4, 0.5) is 0 Å². The summed E-state index contributed by atoms with van der Waals surface area (Å²) in [5, 5.41) is 8.87. The fraction of sp³-hybridized carbons (Fsp3) is 0.333. The molecule has 0 aliphatic rings. The third kappa shape index (κ3) is 1.97. The fourth-order valence-corrected chi connectivity index (χ4v) is 1.57. The third-order valence-corrected chi connectivity index (χ3v) is 2.53. The first-order valence-corrected chi connectivity index (χ1v) is 5.43. The summed E-state index contributed by atoms with van der Waals surface area (Å²) in [6.07, 6.45) is 2.68. The summed E-state index contributed by atoms with van der Waals surface area (Å²) in [4.78, 5) is 33.7. The monoisotopic (exact) mass is 247 g/mol. The van der Waals surface area contributed by atoms with Gasteiger partial charge in [-0.1, -0.05) is 20.8 Å². The number of carbonyl (C=O) groups is 2. The standard InChI is InChI=1S/C12H13N3O3/c1-12(2,3)9(16)6-4-13-10-8(6)15-7(5-14-10)11(17)18/h4-5H,1-3H3,(H,13,14)(H,17,18). The molecule has 2 N–H and O–H groups in total. The largest absolute Gasteiger partial charge is 0.476 e. The number of aromatic nitrogens is 3. The van der Waals surface area contributed by atoms with Gasteiger partial charge in [-0.25, -0.2) is 14.8 Å². The first-order valence-electron chi connectivity index (χ1n) is 5.43. The van der Waals surface area contributed by atoms with Gasteiger partial charge < -0.3 is 10.1 Å². The van der Waals surface area contributed by atoms with Crippen LogP contribution < -0.4 is 0 Å². The van der Waals surface area contributed by atoms with Gasteiger partial charge in [0.2, 0.25) is 0 Å². The second-order valence-electron chi connectivity index (χ2n) is 5.04. The lowest BCUT2D eigenvalue weighted by molar-refractivity contribution is 0.0690. The van der Waals surface area contributed by atoms with E-state index in [2.05, 4.69) is 15.0 Å². The smallest absolute Gasteiger partial charge is 0.356 e. The van der Waals surface area contributed by atoms with Gasteiger partial charge in [0.25, 0.3) is 0 Å². The van der Waals surface area contributed by atoms with E-state index in [1.807, 2.05) is 0 Å². The minimum Gasteiger partial charge on any atom is -0.476 e. The Labute approximate surface area is 103 Å². The molecule has 2 heterocycles. The van der Waals surface area contributed by atoms with E-state index in [9.17, 15) is 9.59 Å². The summed E-state index contributed by atoms with van der Waals surface area (Å²) in [7, 11) is 0. The van der Waals surface area contributed by atoms with E-state index in [-0.39, 0.29) is 11.5 Å². The number of H-pyrrole nitrogens is 1. The summed E-state index contributed by atoms with van der Waals surface area (Å²) in [5.41, 5.74) is 0.344. The molecular weight excluding hydrogens is 234 g/mol. The zero-order valence-electron chi connectivity index (χ0n) is 10.3. The predicted molar refractivity (Wildman–Crippen MR) is 64.6 cm³/mol. The van der Waals surface area contributed by atoms with Gasteiger partial charge in [0.05, 0.1) is 11.8 Å². The van der Waals surface area contributed by atoms with E-state index in [0.717, 1.165) is 6.20 Å². The molecule has 0 aromatic carbocycles. The van der Waals surface area contributed by atoms with E-state index in [1.165, 1.54) is 6.20 Å². The van der Waals surface area contributed by atoms with Crippen LogP contribution in [0.3, 0.4) is 0 Å². The highest BCUT2D eigenvalue weighted by atomic mass is 16.4. The highest BCUT2D eigenvalue weighted by Gasteiger charge is 2.26. The molecule has 2 aromatic heterocycles. The second kappa shape index (κ2) is 3.90. The number of fused-ring (bicyclic) bond motifs is 1. The van der Waals surface area contributed by atoms with Crippen molar-refractivity contribution in [2.45, 2.75) is 20.8 Å². The quantitative estimate of drug-likeness (QED) is 0.790. The first kappa shape index (κ1) is 12.2. The maximum atomic E-state index is 12.2. The summed E-state index contributed by atoms with van der Waals surface area (Å²) < 4.78 is 0. The van der Waals surface area contributed by atoms with Crippen molar-refractivity contribution in [2.75, 3.05) is 0 Å². The summed E-state index contributed by atoms with van der Waals surface area (Å²) >= 11 is 0. The van der Waals surface area contributed by atoms with E-state index in [4.69, 9.17) is 5.11 Å². The van der Waals surface area contributed by atoms with Crippen molar-refractivity contribution in [1.82, 2.24) is 15.0 Å². The lowest BCUT2D eigenvalue weighted by Gasteiger charge is -2.15. The maximum absolute atomic E-state index is 12.2. The molecule has 0 aliphatic heterocycles. The number of hydrogen-bond acceptors (Lipinski definition) is 4. The van der Waals surface area contributed by atoms with Crippen LogP contribution in [-0.4, -0.2) is 31.8 Å². The summed E-state index contributed by atoms with van der Waals surface area (Å²) in [6.45, 7) is 5.38. The average Bonchev–Trinajstić information content (AvgIpc) is 2.68. The molecule has 0 saturated carbocycles. The fourth-order valence-electron chi connectivity index (χ4n) is 1.57. The van der Waals surface area contributed by atoms with E-state index >= 15 is 0 Å². The normalized spacial score (nSPS) is 11.7. The van der Waals surface area contributed by atoms with Gasteiger partial charge in [0, 0.05) is 11.6 Å². The van der Waals surface area contributed by atoms with Gasteiger partial charge in [-0.3, -0.25) is 4.79 Å². The molecule has 0 fully saturated rings. The molecule has 0 amide bonds. The molecule has 0 saturated heterocycles. The van der Waals surface area contributed by atoms with Crippen molar-refractivity contribution in [3.05, 3.63) is 23.7 Å². The van der Waals surface area contributed by atoms with Gasteiger partial charge in [0.15, 0.2) is 17.1 Å². The molecule has 0 spiro atoms. The SMILES string of the molecule is CC(C)(C)C(=O)c1c[nH]c2ncc(C(=O)O)nc12. The van der Waals surface area contributed by atoms with Crippen LogP contribution in [0.2, 0.25) is 0 Å². The molecule has 0 atom stereocenters. The second-order valence-corrected chi connectivity index (χ2v) is 5.04. The Kier molecular flexibility index (Phi) is 2.65. The molecule has 0 aliphatic carbocycles. The summed E-state index contributed by atoms with van der Waals surface area (Å²) in [5.74, 6) is -1.27. The molecule has 2 aromatic rings. The number of ketones is 1. The number of Topliss-reactive ketones (excluding diaryl/α,β-unsaturated/α-hetero) is 1. The van der Waals surface area contributed by atoms with Gasteiger partial charge in [-0.2, -0.15) is 0 Å². The first-order chi connectivity index (χ1) is 8.30. The third-order valence-electron chi connectivity index (χ3n) is 2.53. The van der Waals surface area contributed by atoms with Gasteiger partial charge in [-0.15, -0.1) is 0 Å². The highest BCUT2D eigenvalue weighted by Crippen LogP contribution is 2.24. The van der Waals surface area contributed by atoms with Crippen molar-refractivity contribution in [2.24, 2.45) is 5.41 Å². The number of hydrogen-bond donors (Lipinski definition) is 2. The minimum atomic E-state index is -1.17. The Bertz CT molecular complexity index is 638. The molecule has 0 unspecified atom stereocenters. The van der Waals surface area contributed by atoms with Gasteiger partial charge in [0.1, 0.15) is 5.52 Å².